The van der Waals surface area contributed by atoms with Crippen LogP contribution in [0, 0.1) is 5.92 Å². The number of nitrogens with zero attached hydrogens (tertiary/aromatic N) is 2. The zero-order valence-electron chi connectivity index (χ0n) is 12.5. The Morgan fingerprint density at radius 2 is 2.22 bits per heavy atom. The van der Waals surface area contributed by atoms with Crippen LogP contribution in [-0.2, 0) is 19.1 Å². The Labute approximate surface area is 131 Å². The Morgan fingerprint density at radius 3 is 3.00 bits per heavy atom. The summed E-state index contributed by atoms with van der Waals surface area (Å²) in [6.45, 7) is 0.0338. The second-order valence-corrected chi connectivity index (χ2v) is 5.29. The van der Waals surface area contributed by atoms with E-state index < -0.39 is 11.9 Å². The van der Waals surface area contributed by atoms with Crippen molar-refractivity contribution in [3.8, 4) is 0 Å². The monoisotopic (exact) mass is 316 g/mol. The normalized spacial score (nSPS) is 17.5. The van der Waals surface area contributed by atoms with Crippen molar-refractivity contribution in [3.05, 3.63) is 24.3 Å². The van der Waals surface area contributed by atoms with Crippen molar-refractivity contribution in [3.63, 3.8) is 0 Å². The number of hydrogen-bond acceptors (Lipinski definition) is 5. The standard InChI is InChI=1S/C15H16N4O4/c1-23-13(21)7-16-15(22)9-6-12(20)19(8-9)14-10-4-2-3-5-11(10)17-18-14/h2-5,9H,6-8H2,1H3,(H,16,22)(H,17,18). The molecule has 120 valence electrons. The van der Waals surface area contributed by atoms with Crippen molar-refractivity contribution in [1.29, 1.82) is 0 Å². The van der Waals surface area contributed by atoms with Crippen LogP contribution in [0.15, 0.2) is 24.3 Å². The third-order valence-corrected chi connectivity index (χ3v) is 3.84. The molecule has 3 rings (SSSR count). The maximum Gasteiger partial charge on any atom is 0.325 e. The van der Waals surface area contributed by atoms with Gasteiger partial charge in [0.05, 0.1) is 18.5 Å². The third-order valence-electron chi connectivity index (χ3n) is 3.84. The van der Waals surface area contributed by atoms with E-state index in [0.29, 0.717) is 5.82 Å². The lowest BCUT2D eigenvalue weighted by Gasteiger charge is -2.14. The summed E-state index contributed by atoms with van der Waals surface area (Å²) in [6.07, 6.45) is 0.0915. The molecule has 0 saturated carbocycles. The first-order valence-electron chi connectivity index (χ1n) is 7.18. The third kappa shape index (κ3) is 2.87. The van der Waals surface area contributed by atoms with Gasteiger partial charge in [0, 0.05) is 18.4 Å². The Kier molecular flexibility index (Phi) is 3.96. The summed E-state index contributed by atoms with van der Waals surface area (Å²) in [6, 6.07) is 7.47. The summed E-state index contributed by atoms with van der Waals surface area (Å²) < 4.78 is 4.47. The van der Waals surface area contributed by atoms with Crippen molar-refractivity contribution in [2.24, 2.45) is 5.92 Å². The van der Waals surface area contributed by atoms with E-state index in [2.05, 4.69) is 20.3 Å². The topological polar surface area (TPSA) is 104 Å². The van der Waals surface area contributed by atoms with Crippen LogP contribution in [-0.4, -0.2) is 48.2 Å². The number of carbonyl (C=O) groups excluding carboxylic acids is 3. The van der Waals surface area contributed by atoms with Crippen LogP contribution < -0.4 is 10.2 Å². The SMILES string of the molecule is COC(=O)CNC(=O)C1CC(=O)N(c2n[nH]c3ccccc23)C1. The second kappa shape index (κ2) is 6.07. The molecule has 1 aromatic heterocycles. The smallest absolute Gasteiger partial charge is 0.325 e. The van der Waals surface area contributed by atoms with Gasteiger partial charge < -0.3 is 10.1 Å². The van der Waals surface area contributed by atoms with Gasteiger partial charge >= 0.3 is 5.97 Å². The molecule has 1 aliphatic rings. The molecule has 23 heavy (non-hydrogen) atoms. The first-order chi connectivity index (χ1) is 11.1. The number of hydrogen-bond donors (Lipinski definition) is 2. The maximum atomic E-state index is 12.2. The van der Waals surface area contributed by atoms with Crippen LogP contribution in [0.5, 0.6) is 0 Å². The molecule has 1 saturated heterocycles. The molecule has 1 atom stereocenters. The van der Waals surface area contributed by atoms with Crippen LogP contribution in [0.2, 0.25) is 0 Å². The van der Waals surface area contributed by atoms with E-state index >= 15 is 0 Å². The molecule has 2 aromatic rings. The van der Waals surface area contributed by atoms with Crippen LogP contribution in [0.4, 0.5) is 5.82 Å². The van der Waals surface area contributed by atoms with E-state index in [1.54, 1.807) is 0 Å². The average Bonchev–Trinajstić information content (AvgIpc) is 3.15. The van der Waals surface area contributed by atoms with E-state index in [0.717, 1.165) is 10.9 Å². The zero-order valence-corrected chi connectivity index (χ0v) is 12.5. The van der Waals surface area contributed by atoms with E-state index in [4.69, 9.17) is 0 Å². The number of anilines is 1. The fourth-order valence-electron chi connectivity index (χ4n) is 2.62. The highest BCUT2D eigenvalue weighted by Crippen LogP contribution is 2.29. The highest BCUT2D eigenvalue weighted by atomic mass is 16.5. The number of fused-ring (bicyclic) bond motifs is 1. The van der Waals surface area contributed by atoms with Crippen LogP contribution in [0.25, 0.3) is 10.9 Å². The van der Waals surface area contributed by atoms with Crippen molar-refractivity contribution in [2.45, 2.75) is 6.42 Å². The Hall–Kier alpha value is -2.90. The fourth-order valence-corrected chi connectivity index (χ4v) is 2.62. The molecule has 0 radical (unpaired) electrons. The van der Waals surface area contributed by atoms with E-state index in [9.17, 15) is 14.4 Å². The average molecular weight is 316 g/mol. The van der Waals surface area contributed by atoms with E-state index in [1.807, 2.05) is 24.3 Å². The molecule has 0 bridgehead atoms. The largest absolute Gasteiger partial charge is 0.468 e. The molecular formula is C15H16N4O4. The molecule has 2 heterocycles. The lowest BCUT2D eigenvalue weighted by Crippen LogP contribution is -2.36. The van der Waals surface area contributed by atoms with Gasteiger partial charge in [-0.3, -0.25) is 24.4 Å². The fraction of sp³-hybridized carbons (Fsp3) is 0.333. The number of nitrogens with one attached hydrogen (secondary N) is 2. The molecule has 2 N–H and O–H groups in total. The van der Waals surface area contributed by atoms with Gasteiger partial charge in [-0.2, -0.15) is 5.10 Å². The van der Waals surface area contributed by atoms with Crippen LogP contribution in [0.1, 0.15) is 6.42 Å². The molecule has 1 fully saturated rings. The number of carbonyl (C=O) groups is 3. The number of esters is 1. The van der Waals surface area contributed by atoms with Crippen molar-refractivity contribution in [2.75, 3.05) is 25.1 Å². The van der Waals surface area contributed by atoms with Gasteiger partial charge in [0.15, 0.2) is 5.82 Å². The number of ether oxygens (including phenoxy) is 1. The maximum absolute atomic E-state index is 12.2. The number of methoxy groups -OCH3 is 1. The zero-order chi connectivity index (χ0) is 16.4. The van der Waals surface area contributed by atoms with Gasteiger partial charge in [0.25, 0.3) is 0 Å². The summed E-state index contributed by atoms with van der Waals surface area (Å²) >= 11 is 0. The summed E-state index contributed by atoms with van der Waals surface area (Å²) in [4.78, 5) is 36.9. The van der Waals surface area contributed by atoms with Crippen LogP contribution >= 0.6 is 0 Å². The summed E-state index contributed by atoms with van der Waals surface area (Å²) in [5.41, 5.74) is 0.828. The van der Waals surface area contributed by atoms with Gasteiger partial charge in [-0.1, -0.05) is 12.1 Å². The summed E-state index contributed by atoms with van der Waals surface area (Å²) in [5.74, 6) is -1.03. The quantitative estimate of drug-likeness (QED) is 0.784. The molecular weight excluding hydrogens is 300 g/mol. The molecule has 2 amide bonds. The number of amides is 2. The van der Waals surface area contributed by atoms with Gasteiger partial charge in [-0.05, 0) is 12.1 Å². The predicted molar refractivity (Wildman–Crippen MR) is 81.6 cm³/mol. The highest BCUT2D eigenvalue weighted by molar-refractivity contribution is 6.05. The minimum atomic E-state index is -0.530. The number of H-pyrrole nitrogens is 1. The number of benzene rings is 1. The van der Waals surface area contributed by atoms with E-state index in [-0.39, 0.29) is 31.3 Å². The first kappa shape index (κ1) is 15.0. The number of aromatic amines is 1. The lowest BCUT2D eigenvalue weighted by atomic mass is 10.1. The minimum absolute atomic E-state index is 0.0915. The first-order valence-corrected chi connectivity index (χ1v) is 7.18. The molecule has 1 aromatic carbocycles. The molecule has 1 aliphatic heterocycles. The molecule has 8 heteroatoms. The minimum Gasteiger partial charge on any atom is -0.468 e. The summed E-state index contributed by atoms with van der Waals surface area (Å²) in [5, 5.41) is 10.4. The number of para-hydroxylation sites is 1. The van der Waals surface area contributed by atoms with Crippen molar-refractivity contribution in [1.82, 2.24) is 15.5 Å². The molecule has 1 unspecified atom stereocenters. The van der Waals surface area contributed by atoms with Crippen molar-refractivity contribution >= 4 is 34.5 Å². The van der Waals surface area contributed by atoms with Gasteiger partial charge in [0.2, 0.25) is 11.8 Å². The molecule has 8 nitrogen and oxygen atoms in total. The Morgan fingerprint density at radius 1 is 1.43 bits per heavy atom. The predicted octanol–water partition coefficient (Wildman–Crippen LogP) is 0.205. The van der Waals surface area contributed by atoms with Crippen molar-refractivity contribution < 1.29 is 19.1 Å². The van der Waals surface area contributed by atoms with Gasteiger partial charge in [-0.15, -0.1) is 0 Å². The number of rotatable bonds is 4. The Bertz CT molecular complexity index is 770. The lowest BCUT2D eigenvalue weighted by molar-refractivity contribution is -0.141. The Balaban J connectivity index is 1.72. The number of aromatic nitrogens is 2. The van der Waals surface area contributed by atoms with Gasteiger partial charge in [-0.25, -0.2) is 0 Å². The van der Waals surface area contributed by atoms with E-state index in [1.165, 1.54) is 12.0 Å². The van der Waals surface area contributed by atoms with Crippen LogP contribution in [0.3, 0.4) is 0 Å². The summed E-state index contributed by atoms with van der Waals surface area (Å²) in [7, 11) is 1.25. The highest BCUT2D eigenvalue weighted by Gasteiger charge is 2.36. The molecule has 0 spiro atoms. The second-order valence-electron chi connectivity index (χ2n) is 5.29. The van der Waals surface area contributed by atoms with Gasteiger partial charge in [0.1, 0.15) is 6.54 Å². The molecule has 0 aliphatic carbocycles.